The van der Waals surface area contributed by atoms with Crippen LogP contribution in [0.1, 0.15) is 96.5 Å². The zero-order valence-corrected chi connectivity index (χ0v) is 33.8. The van der Waals surface area contributed by atoms with Crippen molar-refractivity contribution >= 4 is 38.1 Å². The molecule has 0 aliphatic carbocycles. The third-order valence-electron chi connectivity index (χ3n) is 8.34. The maximum absolute atomic E-state index is 13.3. The van der Waals surface area contributed by atoms with Gasteiger partial charge in [0, 0.05) is 16.6 Å². The molecule has 3 rings (SSSR count). The number of fused-ring (bicyclic) bond motifs is 1. The number of nitrogens with zero attached hydrogens (tertiary/aromatic N) is 2. The van der Waals surface area contributed by atoms with Crippen molar-refractivity contribution in [1.82, 2.24) is 20.2 Å². The Balaban J connectivity index is 1.31. The first-order valence-electron chi connectivity index (χ1n) is 17.1. The Kier molecular flexibility index (Phi) is 16.6. The molecule has 3 N–H and O–H groups in total. The van der Waals surface area contributed by atoms with E-state index in [-0.39, 0.29) is 65.9 Å². The van der Waals surface area contributed by atoms with Crippen molar-refractivity contribution in [2.45, 2.75) is 122 Å². The summed E-state index contributed by atoms with van der Waals surface area (Å²) in [6.45, 7) is 16.1. The van der Waals surface area contributed by atoms with E-state index in [0.29, 0.717) is 71.8 Å². The fraction of sp³-hybridized carbons (Fsp3) is 0.727. The Morgan fingerprint density at radius 1 is 1.19 bits per heavy atom. The van der Waals surface area contributed by atoms with E-state index in [1.54, 1.807) is 11.8 Å². The number of ether oxygens (including phenoxy) is 1. The first-order valence-corrected chi connectivity index (χ1v) is 20.1. The number of thioether (sulfide) groups is 1. The van der Waals surface area contributed by atoms with Crippen LogP contribution >= 0.6 is 20.3 Å². The zero-order valence-electron chi connectivity index (χ0n) is 30.0. The number of nitrogens with one attached hydrogen (secondary N) is 2. The van der Waals surface area contributed by atoms with Crippen LogP contribution in [0.15, 0.2) is 24.3 Å². The number of benzene rings is 1. The van der Waals surface area contributed by atoms with Crippen LogP contribution < -0.4 is 10.6 Å². The van der Waals surface area contributed by atoms with Crippen molar-refractivity contribution in [3.05, 3.63) is 35.4 Å². The number of amides is 4. The molecule has 5 atom stereocenters. The van der Waals surface area contributed by atoms with E-state index in [9.17, 15) is 14.4 Å². The first kappa shape index (κ1) is 39.4. The Hall–Kier alpha value is -0.413. The number of aliphatic hydroxyl groups is 1. The van der Waals surface area contributed by atoms with Gasteiger partial charge in [-0.05, 0) is 36.0 Å². The van der Waals surface area contributed by atoms with Crippen molar-refractivity contribution in [1.29, 1.82) is 1.43 Å². The molecule has 1 aromatic rings. The summed E-state index contributed by atoms with van der Waals surface area (Å²) in [5, 5.41) is 10.8. The number of urea groups is 1. The molecule has 3 unspecified atom stereocenters. The van der Waals surface area contributed by atoms with Crippen molar-refractivity contribution < 1.29 is 69.7 Å². The van der Waals surface area contributed by atoms with Gasteiger partial charge in [-0.15, -0.1) is 0 Å². The van der Waals surface area contributed by atoms with Gasteiger partial charge in [0.25, 0.3) is 5.91 Å². The number of unbranched alkanes of at least 4 members (excludes halogenated alkanes) is 1. The van der Waals surface area contributed by atoms with E-state index in [4.69, 9.17) is 11.4 Å². The quantitative estimate of drug-likeness (QED) is 0.0914. The monoisotopic (exact) mass is 822 g/mol. The third kappa shape index (κ3) is 12.1. The molecule has 0 spiro atoms. The molecule has 14 heteroatoms. The number of carbonyl (C=O) groups excluding carboxylic acids is 3. The van der Waals surface area contributed by atoms with Gasteiger partial charge in [-0.25, -0.2) is 4.79 Å². The van der Waals surface area contributed by atoms with Crippen LogP contribution in [0, 0.1) is 40.2 Å². The molecular weight excluding hydrogens is 768 g/mol. The number of hydrogen-bond donors (Lipinski definition) is 3. The molecular formula is C33H54CeN4O7PS. The van der Waals surface area contributed by atoms with E-state index in [1.165, 1.54) is 4.90 Å². The molecule has 47 heavy (non-hydrogen) atoms. The summed E-state index contributed by atoms with van der Waals surface area (Å²) in [4.78, 5) is 40.0. The Bertz CT molecular complexity index is 1170. The van der Waals surface area contributed by atoms with Crippen LogP contribution in [0.25, 0.3) is 0 Å². The van der Waals surface area contributed by atoms with Gasteiger partial charge >= 0.3 is 177 Å². The van der Waals surface area contributed by atoms with Crippen LogP contribution in [-0.2, 0) is 20.2 Å². The van der Waals surface area contributed by atoms with Crippen molar-refractivity contribution in [2.24, 2.45) is 0 Å². The fourth-order valence-corrected chi connectivity index (χ4v) is 10.2. The molecule has 2 aliphatic heterocycles. The number of aliphatic hydroxyl groups excluding tert-OH is 1. The number of rotatable bonds is 20. The molecule has 1 aromatic carbocycles. The predicted molar refractivity (Wildman–Crippen MR) is 183 cm³/mol. The summed E-state index contributed by atoms with van der Waals surface area (Å²) in [6.07, 6.45) is 3.18. The standard InChI is InChI=1S/C33H54N4O7PS.Ce/c1-22(2)37(23(3)4)45(42)44-26(19-38)20-43-18-10-17-34-29(39)12-9-8-11-28-30-27(21-46-28)36(32(41)35-30)31(40)24-13-15-25(16-14-24)33(5,6)7;/h13-16,22-23,26-28,30,38H,8-12,17-21H2,1-7H3,(H,34,39)(H,35,41);/q-1;+1/t26?,27-,28?,30-,45?;/m0./s1/i38D;. The Morgan fingerprint density at radius 3 is 2.51 bits per heavy atom. The summed E-state index contributed by atoms with van der Waals surface area (Å²) in [6, 6.07) is 7.52. The minimum atomic E-state index is -1.26. The van der Waals surface area contributed by atoms with Gasteiger partial charge < -0.3 is 5.32 Å². The summed E-state index contributed by atoms with van der Waals surface area (Å²) in [5.41, 5.74) is 1.66. The molecule has 2 fully saturated rings. The molecule has 263 valence electrons. The topological polar surface area (TPSA) is 130 Å². The zero-order chi connectivity index (χ0) is 35.4. The van der Waals surface area contributed by atoms with Crippen LogP contribution in [0.4, 0.5) is 4.79 Å². The minimum absolute atomic E-state index is 0.0107. The molecule has 0 aromatic heterocycles. The van der Waals surface area contributed by atoms with E-state index >= 15 is 0 Å². The molecule has 2 heterocycles. The summed E-state index contributed by atoms with van der Waals surface area (Å²) in [7, 11) is -1.26. The predicted octanol–water partition coefficient (Wildman–Crippen LogP) is 5.29. The van der Waals surface area contributed by atoms with Gasteiger partial charge in [-0.1, -0.05) is 39.3 Å². The van der Waals surface area contributed by atoms with Crippen LogP contribution in [0.2, 0.25) is 0 Å². The molecule has 2 aliphatic rings. The average molecular weight is 823 g/mol. The number of hydrogen-bond acceptors (Lipinski definition) is 9. The molecule has 11 nitrogen and oxygen atoms in total. The van der Waals surface area contributed by atoms with E-state index in [2.05, 4.69) is 68.9 Å². The first-order chi connectivity index (χ1) is 22.8. The Morgan fingerprint density at radius 2 is 1.89 bits per heavy atom. The van der Waals surface area contributed by atoms with Crippen molar-refractivity contribution in [3.8, 4) is 0 Å². The van der Waals surface area contributed by atoms with Crippen LogP contribution in [0.5, 0.6) is 0 Å². The second-order valence-electron chi connectivity index (χ2n) is 13.7. The normalized spacial score (nSPS) is 21.2. The number of imide groups is 1. The van der Waals surface area contributed by atoms with Gasteiger partial charge in [0.05, 0.1) is 12.1 Å². The molecule has 2 saturated heterocycles. The molecule has 4 amide bonds. The van der Waals surface area contributed by atoms with Gasteiger partial charge in [-0.3, -0.25) is 9.69 Å². The number of carbonyl (C=O) groups is 3. The average Bonchev–Trinajstić information content (AvgIpc) is 3.56. The fourth-order valence-electron chi connectivity index (χ4n) is 5.89. The SMILES string of the molecule is [2H]OCC(COCCCNC(=O)CCCCC1SC[C@H]2[C@@H]1NC(=O)N2C(=O)c1ccc(C(C)(C)C)cc1)OP([O][Ce])N(C(C)C)C(C)C. The summed E-state index contributed by atoms with van der Waals surface area (Å²) >= 11 is 2.33. The molecule has 0 radical (unpaired) electrons. The van der Waals surface area contributed by atoms with Gasteiger partial charge in [-0.2, -0.15) is 11.8 Å². The molecule has 0 saturated carbocycles. The van der Waals surface area contributed by atoms with E-state index in [1.807, 2.05) is 24.3 Å². The second-order valence-corrected chi connectivity index (χ2v) is 18.1. The molecule has 0 bridgehead atoms. The van der Waals surface area contributed by atoms with Gasteiger partial charge in [0.2, 0.25) is 0 Å². The third-order valence-corrected chi connectivity index (χ3v) is 13.2. The van der Waals surface area contributed by atoms with Gasteiger partial charge in [0.15, 0.2) is 0 Å². The van der Waals surface area contributed by atoms with Crippen LogP contribution in [-0.4, -0.2) is 102 Å². The van der Waals surface area contributed by atoms with Crippen molar-refractivity contribution in [3.63, 3.8) is 0 Å². The van der Waals surface area contributed by atoms with E-state index < -0.39 is 14.6 Å². The summed E-state index contributed by atoms with van der Waals surface area (Å²) < 4.78 is 27.1. The van der Waals surface area contributed by atoms with Crippen molar-refractivity contribution in [2.75, 3.05) is 32.1 Å². The van der Waals surface area contributed by atoms with Crippen LogP contribution in [0.3, 0.4) is 0 Å². The summed E-state index contributed by atoms with van der Waals surface area (Å²) in [5.74, 6) is 0.478. The van der Waals surface area contributed by atoms with Gasteiger partial charge in [0.1, 0.15) is 0 Å². The second kappa shape index (κ2) is 19.8. The maximum atomic E-state index is 13.3. The van der Waals surface area contributed by atoms with E-state index in [0.717, 1.165) is 30.6 Å². The Labute approximate surface area is 316 Å².